The number of hydrogen-bond donors (Lipinski definition) is 2. The number of carbonyl (C=O) groups excluding carboxylic acids is 1. The minimum Gasteiger partial charge on any atom is -0.374 e. The number of rotatable bonds is 7. The van der Waals surface area contributed by atoms with Crippen molar-refractivity contribution in [3.63, 3.8) is 0 Å². The second-order valence-corrected chi connectivity index (χ2v) is 4.15. The first-order valence-electron chi connectivity index (χ1n) is 5.96. The van der Waals surface area contributed by atoms with Crippen LogP contribution in [-0.4, -0.2) is 32.1 Å². The van der Waals surface area contributed by atoms with Gasteiger partial charge in [-0.1, -0.05) is 29.8 Å². The molecule has 1 amide bonds. The fraction of sp³-hybridized carbons (Fsp3) is 0.462. The molecule has 6 heteroatoms. The van der Waals surface area contributed by atoms with E-state index in [4.69, 9.17) is 5.73 Å². The van der Waals surface area contributed by atoms with Gasteiger partial charge in [0.25, 0.3) is 6.43 Å². The van der Waals surface area contributed by atoms with E-state index in [9.17, 15) is 13.6 Å². The number of carbonyl (C=O) groups is 1. The molecule has 0 aliphatic rings. The highest BCUT2D eigenvalue weighted by Crippen LogP contribution is 2.11. The summed E-state index contributed by atoms with van der Waals surface area (Å²) in [5.74, 6) is -0.357. The van der Waals surface area contributed by atoms with Crippen LogP contribution < -0.4 is 11.1 Å². The minimum atomic E-state index is -2.49. The van der Waals surface area contributed by atoms with E-state index in [0.29, 0.717) is 5.56 Å². The second-order valence-electron chi connectivity index (χ2n) is 4.15. The smallest absolute Gasteiger partial charge is 0.261 e. The van der Waals surface area contributed by atoms with E-state index >= 15 is 0 Å². The van der Waals surface area contributed by atoms with E-state index in [2.05, 4.69) is 10.1 Å². The van der Waals surface area contributed by atoms with Gasteiger partial charge in [-0.05, 0) is 12.5 Å². The Hall–Kier alpha value is -1.53. The largest absolute Gasteiger partial charge is 0.374 e. The van der Waals surface area contributed by atoms with Gasteiger partial charge in [-0.15, -0.1) is 0 Å². The van der Waals surface area contributed by atoms with Crippen molar-refractivity contribution in [1.29, 1.82) is 0 Å². The highest BCUT2D eigenvalue weighted by molar-refractivity contribution is 5.82. The van der Waals surface area contributed by atoms with Crippen LogP contribution in [0.4, 0.5) is 8.78 Å². The summed E-state index contributed by atoms with van der Waals surface area (Å²) in [6.07, 6.45) is -2.49. The Morgan fingerprint density at radius 3 is 2.58 bits per heavy atom. The number of nitrogens with one attached hydrogen (secondary N) is 1. The number of hydrogen-bond acceptors (Lipinski definition) is 3. The number of nitrogens with two attached hydrogens (primary N) is 1. The lowest BCUT2D eigenvalue weighted by Gasteiger charge is -2.13. The van der Waals surface area contributed by atoms with E-state index in [-0.39, 0.29) is 19.1 Å². The zero-order chi connectivity index (χ0) is 14.3. The maximum Gasteiger partial charge on any atom is 0.261 e. The average molecular weight is 272 g/mol. The molecule has 3 N–H and O–H groups in total. The summed E-state index contributed by atoms with van der Waals surface area (Å²) < 4.78 is 28.2. The predicted molar refractivity (Wildman–Crippen MR) is 67.9 cm³/mol. The first-order chi connectivity index (χ1) is 9.00. The van der Waals surface area contributed by atoms with Gasteiger partial charge < -0.3 is 15.8 Å². The molecule has 0 aliphatic heterocycles. The van der Waals surface area contributed by atoms with E-state index in [1.165, 1.54) is 0 Å². The third-order valence-electron chi connectivity index (χ3n) is 2.51. The summed E-state index contributed by atoms with van der Waals surface area (Å²) in [7, 11) is 0. The van der Waals surface area contributed by atoms with Crippen molar-refractivity contribution < 1.29 is 18.3 Å². The number of ether oxygens (including phenoxy) is 1. The molecule has 0 heterocycles. The van der Waals surface area contributed by atoms with Crippen LogP contribution in [0.1, 0.15) is 17.2 Å². The van der Waals surface area contributed by atoms with Crippen LogP contribution in [0.15, 0.2) is 24.3 Å². The highest BCUT2D eigenvalue weighted by Gasteiger charge is 2.14. The Kier molecular flexibility index (Phi) is 6.38. The van der Waals surface area contributed by atoms with Crippen LogP contribution >= 0.6 is 0 Å². The molecular weight excluding hydrogens is 254 g/mol. The molecule has 0 bridgehead atoms. The molecule has 0 saturated carbocycles. The van der Waals surface area contributed by atoms with Gasteiger partial charge >= 0.3 is 0 Å². The highest BCUT2D eigenvalue weighted by atomic mass is 19.3. The van der Waals surface area contributed by atoms with Crippen molar-refractivity contribution in [1.82, 2.24) is 5.32 Å². The Labute approximate surface area is 110 Å². The van der Waals surface area contributed by atoms with Crippen LogP contribution in [0.3, 0.4) is 0 Å². The summed E-state index contributed by atoms with van der Waals surface area (Å²) in [5.41, 5.74) is 7.56. The van der Waals surface area contributed by atoms with Gasteiger partial charge in [0.05, 0.1) is 6.61 Å². The summed E-state index contributed by atoms with van der Waals surface area (Å²) in [6, 6.07) is 6.54. The lowest BCUT2D eigenvalue weighted by molar-refractivity contribution is -0.122. The lowest BCUT2D eigenvalue weighted by Crippen LogP contribution is -2.36. The Morgan fingerprint density at radius 2 is 2.00 bits per heavy atom. The number of aryl methyl sites for hydroxylation is 1. The topological polar surface area (TPSA) is 64.4 Å². The predicted octanol–water partition coefficient (Wildman–Crippen LogP) is 1.39. The fourth-order valence-corrected chi connectivity index (χ4v) is 1.45. The molecule has 1 aromatic carbocycles. The quantitative estimate of drug-likeness (QED) is 0.737. The summed E-state index contributed by atoms with van der Waals surface area (Å²) in [5, 5.41) is 2.54. The van der Waals surface area contributed by atoms with Crippen LogP contribution in [-0.2, 0) is 9.53 Å². The van der Waals surface area contributed by atoms with E-state index in [1.54, 1.807) is 12.1 Å². The maximum atomic E-state index is 11.8. The molecule has 0 fully saturated rings. The Balaban J connectivity index is 2.31. The van der Waals surface area contributed by atoms with Crippen molar-refractivity contribution in [2.45, 2.75) is 19.4 Å². The van der Waals surface area contributed by atoms with Crippen molar-refractivity contribution in [2.75, 3.05) is 19.8 Å². The monoisotopic (exact) mass is 272 g/mol. The number of halogens is 2. The Bertz CT molecular complexity index is 396. The van der Waals surface area contributed by atoms with E-state index < -0.39 is 19.1 Å². The molecule has 106 valence electrons. The first kappa shape index (κ1) is 15.5. The zero-order valence-electron chi connectivity index (χ0n) is 10.7. The molecular formula is C13H18F2N2O2. The van der Waals surface area contributed by atoms with Gasteiger partial charge in [-0.3, -0.25) is 4.79 Å². The zero-order valence-corrected chi connectivity index (χ0v) is 10.7. The summed E-state index contributed by atoms with van der Waals surface area (Å²) in [4.78, 5) is 11.7. The van der Waals surface area contributed by atoms with Gasteiger partial charge in [0.1, 0.15) is 12.6 Å². The van der Waals surface area contributed by atoms with Crippen LogP contribution in [0, 0.1) is 6.92 Å². The summed E-state index contributed by atoms with van der Waals surface area (Å²) >= 11 is 0. The molecule has 1 aromatic rings. The second kappa shape index (κ2) is 7.81. The Morgan fingerprint density at radius 1 is 1.37 bits per heavy atom. The first-order valence-corrected chi connectivity index (χ1v) is 5.96. The summed E-state index contributed by atoms with van der Waals surface area (Å²) in [6.45, 7) is 1.51. The van der Waals surface area contributed by atoms with Gasteiger partial charge in [0, 0.05) is 6.54 Å². The number of benzene rings is 1. The molecule has 1 atom stereocenters. The van der Waals surface area contributed by atoms with Crippen LogP contribution in [0.2, 0.25) is 0 Å². The molecule has 0 spiro atoms. The van der Waals surface area contributed by atoms with E-state index in [1.807, 2.05) is 19.1 Å². The van der Waals surface area contributed by atoms with Gasteiger partial charge in [-0.25, -0.2) is 8.78 Å². The molecule has 1 rings (SSSR count). The van der Waals surface area contributed by atoms with Crippen LogP contribution in [0.25, 0.3) is 0 Å². The lowest BCUT2D eigenvalue weighted by atomic mass is 10.1. The molecule has 1 unspecified atom stereocenters. The molecule has 19 heavy (non-hydrogen) atoms. The molecule has 0 aromatic heterocycles. The SMILES string of the molecule is Cc1ccc(C(N)C(=O)NCCOCC(F)F)cc1. The maximum absolute atomic E-state index is 11.8. The molecule has 4 nitrogen and oxygen atoms in total. The fourth-order valence-electron chi connectivity index (χ4n) is 1.45. The van der Waals surface area contributed by atoms with Crippen LogP contribution in [0.5, 0.6) is 0 Å². The molecule has 0 radical (unpaired) electrons. The number of amides is 1. The van der Waals surface area contributed by atoms with Crippen molar-refractivity contribution in [2.24, 2.45) is 5.73 Å². The van der Waals surface area contributed by atoms with E-state index in [0.717, 1.165) is 5.56 Å². The normalized spacial score (nSPS) is 12.5. The van der Waals surface area contributed by atoms with Crippen molar-refractivity contribution in [3.8, 4) is 0 Å². The van der Waals surface area contributed by atoms with Crippen molar-refractivity contribution in [3.05, 3.63) is 35.4 Å². The third-order valence-corrected chi connectivity index (χ3v) is 2.51. The van der Waals surface area contributed by atoms with Gasteiger partial charge in [0.15, 0.2) is 0 Å². The number of alkyl halides is 2. The standard InChI is InChI=1S/C13H18F2N2O2/c1-9-2-4-10(5-3-9)12(16)13(18)17-6-7-19-8-11(14)15/h2-5,11-12H,6-8,16H2,1H3,(H,17,18). The molecule has 0 aliphatic carbocycles. The minimum absolute atomic E-state index is 0.0384. The van der Waals surface area contributed by atoms with Crippen molar-refractivity contribution >= 4 is 5.91 Å². The van der Waals surface area contributed by atoms with Gasteiger partial charge in [-0.2, -0.15) is 0 Å². The third kappa shape index (κ3) is 5.76. The average Bonchev–Trinajstić information content (AvgIpc) is 2.37. The van der Waals surface area contributed by atoms with Gasteiger partial charge in [0.2, 0.25) is 5.91 Å². The molecule has 0 saturated heterocycles.